The largest absolute Gasteiger partial charge is 0.380 e. The summed E-state index contributed by atoms with van der Waals surface area (Å²) in [6.07, 6.45) is 3.40. The highest BCUT2D eigenvalue weighted by atomic mass is 79.9. The van der Waals surface area contributed by atoms with Gasteiger partial charge < -0.3 is 10.3 Å². The Bertz CT molecular complexity index is 675. The van der Waals surface area contributed by atoms with E-state index in [9.17, 15) is 0 Å². The number of nitrogens with zero attached hydrogens (tertiary/aromatic N) is 2. The van der Waals surface area contributed by atoms with Crippen LogP contribution < -0.4 is 5.73 Å². The molecule has 0 bridgehead atoms. The molecule has 0 radical (unpaired) electrons. The van der Waals surface area contributed by atoms with Crippen molar-refractivity contribution in [1.82, 2.24) is 15.4 Å². The van der Waals surface area contributed by atoms with E-state index in [4.69, 9.17) is 10.3 Å². The highest BCUT2D eigenvalue weighted by Crippen LogP contribution is 2.39. The minimum absolute atomic E-state index is 0.359. The van der Waals surface area contributed by atoms with Crippen molar-refractivity contribution in [3.05, 3.63) is 41.1 Å². The fraction of sp³-hybridized carbons (Fsp3) is 0. The zero-order valence-corrected chi connectivity index (χ0v) is 10.8. The quantitative estimate of drug-likeness (QED) is 0.762. The predicted octanol–water partition coefficient (Wildman–Crippen LogP) is 3.08. The summed E-state index contributed by atoms with van der Waals surface area (Å²) in [6, 6.07) is 7.78. The lowest BCUT2D eigenvalue weighted by atomic mass is 10.0. The molecule has 5 nitrogen and oxygen atoms in total. The molecule has 3 N–H and O–H groups in total. The van der Waals surface area contributed by atoms with Crippen LogP contribution in [0.4, 0.5) is 5.82 Å². The average Bonchev–Trinajstić information content (AvgIpc) is 2.99. The average molecular weight is 305 g/mol. The number of hydrogen-bond acceptors (Lipinski definition) is 4. The second kappa shape index (κ2) is 4.30. The molecule has 0 spiro atoms. The van der Waals surface area contributed by atoms with E-state index in [2.05, 4.69) is 31.3 Å². The maximum Gasteiger partial charge on any atom is 0.180 e. The minimum Gasteiger partial charge on any atom is -0.380 e. The minimum atomic E-state index is 0.359. The first kappa shape index (κ1) is 11.0. The van der Waals surface area contributed by atoms with E-state index in [0.717, 1.165) is 21.2 Å². The summed E-state index contributed by atoms with van der Waals surface area (Å²) < 4.78 is 6.23. The Morgan fingerprint density at radius 3 is 2.83 bits per heavy atom. The monoisotopic (exact) mass is 304 g/mol. The van der Waals surface area contributed by atoms with Crippen LogP contribution in [0.1, 0.15) is 0 Å². The van der Waals surface area contributed by atoms with Crippen molar-refractivity contribution < 1.29 is 4.52 Å². The van der Waals surface area contributed by atoms with Crippen molar-refractivity contribution in [2.24, 2.45) is 0 Å². The van der Waals surface area contributed by atoms with Gasteiger partial charge >= 0.3 is 0 Å². The van der Waals surface area contributed by atoms with Gasteiger partial charge in [0, 0.05) is 16.2 Å². The summed E-state index contributed by atoms with van der Waals surface area (Å²) in [5.41, 5.74) is 8.41. The number of hydrogen-bond donors (Lipinski definition) is 2. The Labute approximate surface area is 111 Å². The van der Waals surface area contributed by atoms with Crippen molar-refractivity contribution in [2.75, 3.05) is 5.73 Å². The van der Waals surface area contributed by atoms with Gasteiger partial charge in [-0.1, -0.05) is 39.3 Å². The van der Waals surface area contributed by atoms with Gasteiger partial charge in [0.2, 0.25) is 0 Å². The molecule has 6 heteroatoms. The summed E-state index contributed by atoms with van der Waals surface area (Å²) in [5, 5.41) is 10.5. The molecule has 2 aromatic heterocycles. The summed E-state index contributed by atoms with van der Waals surface area (Å²) in [7, 11) is 0. The number of halogens is 1. The SMILES string of the molecule is Nc1noc(-c2cn[nH]c2)c1-c1ccccc1Br. The fourth-order valence-electron chi connectivity index (χ4n) is 1.80. The summed E-state index contributed by atoms with van der Waals surface area (Å²) in [5.74, 6) is 0.964. The van der Waals surface area contributed by atoms with Crippen molar-refractivity contribution >= 4 is 21.7 Å². The summed E-state index contributed by atoms with van der Waals surface area (Å²) in [6.45, 7) is 0. The molecule has 0 unspecified atom stereocenters. The third-order valence-corrected chi connectivity index (χ3v) is 3.31. The molecule has 18 heavy (non-hydrogen) atoms. The van der Waals surface area contributed by atoms with E-state index in [1.807, 2.05) is 24.3 Å². The van der Waals surface area contributed by atoms with Crippen LogP contribution in [0.25, 0.3) is 22.5 Å². The van der Waals surface area contributed by atoms with Gasteiger partial charge in [0.15, 0.2) is 11.6 Å². The normalized spacial score (nSPS) is 10.7. The number of benzene rings is 1. The number of nitrogens with two attached hydrogens (primary N) is 1. The molecule has 0 atom stereocenters. The van der Waals surface area contributed by atoms with Crippen LogP contribution in [0.2, 0.25) is 0 Å². The highest BCUT2D eigenvalue weighted by Gasteiger charge is 2.19. The summed E-state index contributed by atoms with van der Waals surface area (Å²) in [4.78, 5) is 0. The van der Waals surface area contributed by atoms with Gasteiger partial charge in [-0.15, -0.1) is 0 Å². The smallest absolute Gasteiger partial charge is 0.180 e. The van der Waals surface area contributed by atoms with Gasteiger partial charge in [0.25, 0.3) is 0 Å². The number of nitrogen functional groups attached to an aromatic ring is 1. The molecule has 0 saturated heterocycles. The maximum atomic E-state index is 5.89. The first-order valence-electron chi connectivity index (χ1n) is 5.26. The number of aromatic amines is 1. The van der Waals surface area contributed by atoms with Gasteiger partial charge in [0.05, 0.1) is 17.3 Å². The molecular formula is C12H9BrN4O. The number of H-pyrrole nitrogens is 1. The number of anilines is 1. The zero-order chi connectivity index (χ0) is 12.5. The van der Waals surface area contributed by atoms with Crippen LogP contribution in [-0.4, -0.2) is 15.4 Å². The van der Waals surface area contributed by atoms with E-state index in [-0.39, 0.29) is 0 Å². The lowest BCUT2D eigenvalue weighted by Gasteiger charge is -2.03. The predicted molar refractivity (Wildman–Crippen MR) is 71.6 cm³/mol. The fourth-order valence-corrected chi connectivity index (χ4v) is 2.28. The van der Waals surface area contributed by atoms with Crippen LogP contribution in [0.15, 0.2) is 45.7 Å². The van der Waals surface area contributed by atoms with E-state index < -0.39 is 0 Å². The molecule has 0 fully saturated rings. The van der Waals surface area contributed by atoms with Gasteiger partial charge in [-0.2, -0.15) is 5.10 Å². The van der Waals surface area contributed by atoms with E-state index >= 15 is 0 Å². The second-order valence-corrected chi connectivity index (χ2v) is 4.59. The third kappa shape index (κ3) is 1.70. The molecule has 0 amide bonds. The number of nitrogens with one attached hydrogen (secondary N) is 1. The topological polar surface area (TPSA) is 80.7 Å². The molecule has 90 valence electrons. The first-order valence-corrected chi connectivity index (χ1v) is 6.06. The van der Waals surface area contributed by atoms with E-state index in [1.54, 1.807) is 12.4 Å². The molecule has 2 heterocycles. The molecule has 0 aliphatic heterocycles. The zero-order valence-electron chi connectivity index (χ0n) is 9.22. The van der Waals surface area contributed by atoms with Crippen LogP contribution >= 0.6 is 15.9 Å². The van der Waals surface area contributed by atoms with Crippen LogP contribution in [0, 0.1) is 0 Å². The second-order valence-electron chi connectivity index (χ2n) is 3.74. The molecule has 0 saturated carbocycles. The van der Waals surface area contributed by atoms with Gasteiger partial charge in [0.1, 0.15) is 0 Å². The van der Waals surface area contributed by atoms with Crippen molar-refractivity contribution in [3.8, 4) is 22.5 Å². The number of rotatable bonds is 2. The third-order valence-electron chi connectivity index (χ3n) is 2.62. The van der Waals surface area contributed by atoms with Gasteiger partial charge in [-0.05, 0) is 6.07 Å². The van der Waals surface area contributed by atoms with Crippen LogP contribution in [0.5, 0.6) is 0 Å². The van der Waals surface area contributed by atoms with Crippen molar-refractivity contribution in [3.63, 3.8) is 0 Å². The van der Waals surface area contributed by atoms with Gasteiger partial charge in [-0.3, -0.25) is 5.10 Å². The molecule has 3 aromatic rings. The van der Waals surface area contributed by atoms with Crippen LogP contribution in [0.3, 0.4) is 0 Å². The molecular weight excluding hydrogens is 296 g/mol. The number of aromatic nitrogens is 3. The molecule has 3 rings (SSSR count). The lowest BCUT2D eigenvalue weighted by Crippen LogP contribution is -1.89. The van der Waals surface area contributed by atoms with E-state index in [1.165, 1.54) is 0 Å². The molecule has 1 aromatic carbocycles. The van der Waals surface area contributed by atoms with Crippen molar-refractivity contribution in [2.45, 2.75) is 0 Å². The first-order chi connectivity index (χ1) is 8.77. The lowest BCUT2D eigenvalue weighted by molar-refractivity contribution is 0.436. The standard InChI is InChI=1S/C12H9BrN4O/c13-9-4-2-1-3-8(9)10-11(18-17-12(10)14)7-5-15-16-6-7/h1-6H,(H2,14,17)(H,15,16). The Morgan fingerprint density at radius 1 is 1.28 bits per heavy atom. The Hall–Kier alpha value is -2.08. The van der Waals surface area contributed by atoms with Crippen molar-refractivity contribution in [1.29, 1.82) is 0 Å². The summed E-state index contributed by atoms with van der Waals surface area (Å²) >= 11 is 3.50. The Balaban J connectivity index is 2.24. The molecule has 0 aliphatic rings. The molecule has 0 aliphatic carbocycles. The maximum absolute atomic E-state index is 5.89. The Morgan fingerprint density at radius 2 is 2.11 bits per heavy atom. The highest BCUT2D eigenvalue weighted by molar-refractivity contribution is 9.10. The Kier molecular flexibility index (Phi) is 2.64. The van der Waals surface area contributed by atoms with E-state index in [0.29, 0.717) is 11.6 Å². The van der Waals surface area contributed by atoms with Gasteiger partial charge in [-0.25, -0.2) is 0 Å². The van der Waals surface area contributed by atoms with Crippen LogP contribution in [-0.2, 0) is 0 Å².